The van der Waals surface area contributed by atoms with Crippen molar-refractivity contribution in [3.05, 3.63) is 34.9 Å². The fraction of sp³-hybridized carbons (Fsp3) is 0.619. The molecule has 2 N–H and O–H groups in total. The molecule has 0 spiro atoms. The molecule has 6 nitrogen and oxygen atoms in total. The van der Waals surface area contributed by atoms with E-state index in [0.717, 1.165) is 12.1 Å². The fourth-order valence-electron chi connectivity index (χ4n) is 3.51. The standard InChI is InChI=1S/C21H32ClN3O3/c1-15(2)11-18(26)19(27)25-13-21(14-25,20(28)23-9-10-24(3)4)12-16-5-7-17(22)8-6-16/h5-8,15,18,26H,9-14H2,1-4H3,(H,23,28). The maximum absolute atomic E-state index is 13.0. The molecule has 1 aliphatic heterocycles. The van der Waals surface area contributed by atoms with Crippen molar-refractivity contribution in [2.45, 2.75) is 32.8 Å². The molecule has 1 atom stereocenters. The maximum atomic E-state index is 13.0. The summed E-state index contributed by atoms with van der Waals surface area (Å²) in [6.45, 7) is 5.87. The quantitative estimate of drug-likeness (QED) is 0.652. The van der Waals surface area contributed by atoms with Crippen LogP contribution in [0.3, 0.4) is 0 Å². The van der Waals surface area contributed by atoms with E-state index in [4.69, 9.17) is 11.6 Å². The molecule has 28 heavy (non-hydrogen) atoms. The van der Waals surface area contributed by atoms with Gasteiger partial charge in [-0.3, -0.25) is 9.59 Å². The molecule has 1 fully saturated rings. The van der Waals surface area contributed by atoms with Gasteiger partial charge in [-0.25, -0.2) is 0 Å². The second kappa shape index (κ2) is 9.72. The minimum absolute atomic E-state index is 0.0494. The molecule has 1 aromatic carbocycles. The fourth-order valence-corrected chi connectivity index (χ4v) is 3.63. The number of likely N-dealkylation sites (tertiary alicyclic amines) is 1. The molecule has 0 bridgehead atoms. The lowest BCUT2D eigenvalue weighted by molar-refractivity contribution is -0.160. The van der Waals surface area contributed by atoms with Crippen LogP contribution in [0.4, 0.5) is 0 Å². The molecule has 0 radical (unpaired) electrons. The van der Waals surface area contributed by atoms with Crippen molar-refractivity contribution < 1.29 is 14.7 Å². The Morgan fingerprint density at radius 3 is 2.39 bits per heavy atom. The molecule has 0 saturated carbocycles. The Morgan fingerprint density at radius 2 is 1.86 bits per heavy atom. The average molecular weight is 410 g/mol. The molecule has 7 heteroatoms. The summed E-state index contributed by atoms with van der Waals surface area (Å²) in [5, 5.41) is 13.8. The topological polar surface area (TPSA) is 72.9 Å². The average Bonchev–Trinajstić information content (AvgIpc) is 2.57. The van der Waals surface area contributed by atoms with Gasteiger partial charge in [0.2, 0.25) is 5.91 Å². The summed E-state index contributed by atoms with van der Waals surface area (Å²) in [7, 11) is 3.91. The zero-order valence-electron chi connectivity index (χ0n) is 17.2. The van der Waals surface area contributed by atoms with Gasteiger partial charge in [-0.1, -0.05) is 37.6 Å². The number of nitrogens with zero attached hydrogens (tertiary/aromatic N) is 2. The third-order valence-electron chi connectivity index (χ3n) is 5.06. The Labute approximate surface area is 172 Å². The van der Waals surface area contributed by atoms with Crippen LogP contribution in [0, 0.1) is 11.3 Å². The number of amides is 2. The van der Waals surface area contributed by atoms with Crippen molar-refractivity contribution in [1.82, 2.24) is 15.1 Å². The highest BCUT2D eigenvalue weighted by Crippen LogP contribution is 2.35. The maximum Gasteiger partial charge on any atom is 0.251 e. The predicted octanol–water partition coefficient (Wildman–Crippen LogP) is 1.80. The molecule has 2 amide bonds. The van der Waals surface area contributed by atoms with Crippen LogP contribution in [-0.4, -0.2) is 73.1 Å². The van der Waals surface area contributed by atoms with Crippen molar-refractivity contribution in [3.8, 4) is 0 Å². The second-order valence-corrected chi connectivity index (χ2v) is 8.92. The molecule has 1 heterocycles. The molecule has 2 rings (SSSR count). The molecule has 1 saturated heterocycles. The van der Waals surface area contributed by atoms with E-state index in [1.54, 1.807) is 4.90 Å². The summed E-state index contributed by atoms with van der Waals surface area (Å²) in [6, 6.07) is 7.44. The van der Waals surface area contributed by atoms with E-state index in [9.17, 15) is 14.7 Å². The molecule has 1 unspecified atom stereocenters. The number of hydrogen-bond acceptors (Lipinski definition) is 4. The number of nitrogens with one attached hydrogen (secondary N) is 1. The Bertz CT molecular complexity index is 670. The normalized spacial score (nSPS) is 16.8. The van der Waals surface area contributed by atoms with Crippen molar-refractivity contribution in [2.24, 2.45) is 11.3 Å². The SMILES string of the molecule is CC(C)CC(O)C(=O)N1CC(Cc2ccc(Cl)cc2)(C(=O)NCCN(C)C)C1. The Kier molecular flexibility index (Phi) is 7.87. The van der Waals surface area contributed by atoms with Crippen molar-refractivity contribution in [3.63, 3.8) is 0 Å². The summed E-state index contributed by atoms with van der Waals surface area (Å²) < 4.78 is 0. The van der Waals surface area contributed by atoms with Crippen LogP contribution in [0.1, 0.15) is 25.8 Å². The lowest BCUT2D eigenvalue weighted by atomic mass is 9.73. The number of carbonyl (C=O) groups is 2. The number of rotatable bonds is 9. The highest BCUT2D eigenvalue weighted by atomic mass is 35.5. The number of halogens is 1. The summed E-state index contributed by atoms with van der Waals surface area (Å²) >= 11 is 5.97. The smallest absolute Gasteiger partial charge is 0.251 e. The van der Waals surface area contributed by atoms with E-state index in [0.29, 0.717) is 37.5 Å². The van der Waals surface area contributed by atoms with Gasteiger partial charge in [-0.05, 0) is 50.6 Å². The van der Waals surface area contributed by atoms with Gasteiger partial charge in [-0.2, -0.15) is 0 Å². The number of aliphatic hydroxyl groups is 1. The van der Waals surface area contributed by atoms with Gasteiger partial charge in [0.15, 0.2) is 0 Å². The summed E-state index contributed by atoms with van der Waals surface area (Å²) in [4.78, 5) is 29.0. The zero-order valence-corrected chi connectivity index (χ0v) is 18.0. The highest BCUT2D eigenvalue weighted by Gasteiger charge is 2.51. The van der Waals surface area contributed by atoms with Crippen LogP contribution >= 0.6 is 11.6 Å². The summed E-state index contributed by atoms with van der Waals surface area (Å²) in [5.41, 5.74) is 0.329. The van der Waals surface area contributed by atoms with Crippen LogP contribution in [0.25, 0.3) is 0 Å². The zero-order chi connectivity index (χ0) is 20.9. The lowest BCUT2D eigenvalue weighted by Gasteiger charge is -2.49. The van der Waals surface area contributed by atoms with Crippen LogP contribution < -0.4 is 5.32 Å². The minimum atomic E-state index is -1.01. The van der Waals surface area contributed by atoms with Gasteiger partial charge in [0.05, 0.1) is 5.41 Å². The first-order valence-corrected chi connectivity index (χ1v) is 10.1. The highest BCUT2D eigenvalue weighted by molar-refractivity contribution is 6.30. The number of benzene rings is 1. The lowest BCUT2D eigenvalue weighted by Crippen LogP contribution is -2.67. The van der Waals surface area contributed by atoms with Crippen LogP contribution in [-0.2, 0) is 16.0 Å². The number of aliphatic hydroxyl groups excluding tert-OH is 1. The van der Waals surface area contributed by atoms with Gasteiger partial charge in [0.1, 0.15) is 6.10 Å². The monoisotopic (exact) mass is 409 g/mol. The Balaban J connectivity index is 2.07. The van der Waals surface area contributed by atoms with E-state index in [1.165, 1.54) is 0 Å². The number of hydrogen-bond donors (Lipinski definition) is 2. The van der Waals surface area contributed by atoms with Gasteiger partial charge in [-0.15, -0.1) is 0 Å². The van der Waals surface area contributed by atoms with Gasteiger partial charge < -0.3 is 20.2 Å². The van der Waals surface area contributed by atoms with E-state index in [2.05, 4.69) is 5.32 Å². The van der Waals surface area contributed by atoms with E-state index < -0.39 is 11.5 Å². The first kappa shape index (κ1) is 22.7. The minimum Gasteiger partial charge on any atom is -0.383 e. The first-order valence-electron chi connectivity index (χ1n) is 9.77. The number of carbonyl (C=O) groups excluding carboxylic acids is 2. The second-order valence-electron chi connectivity index (χ2n) is 8.48. The molecule has 156 valence electrons. The van der Waals surface area contributed by atoms with Crippen molar-refractivity contribution in [1.29, 1.82) is 0 Å². The predicted molar refractivity (Wildman–Crippen MR) is 111 cm³/mol. The molecule has 0 aliphatic carbocycles. The molecule has 0 aromatic heterocycles. The van der Waals surface area contributed by atoms with Gasteiger partial charge in [0, 0.05) is 31.2 Å². The van der Waals surface area contributed by atoms with Gasteiger partial charge >= 0.3 is 0 Å². The van der Waals surface area contributed by atoms with Crippen molar-refractivity contribution >= 4 is 23.4 Å². The third kappa shape index (κ3) is 5.93. The molecule has 1 aliphatic rings. The van der Waals surface area contributed by atoms with E-state index >= 15 is 0 Å². The summed E-state index contributed by atoms with van der Waals surface area (Å²) in [5.74, 6) is -0.110. The largest absolute Gasteiger partial charge is 0.383 e. The first-order chi connectivity index (χ1) is 13.1. The van der Waals surface area contributed by atoms with E-state index in [-0.39, 0.29) is 17.7 Å². The van der Waals surface area contributed by atoms with E-state index in [1.807, 2.05) is 57.1 Å². The third-order valence-corrected chi connectivity index (χ3v) is 5.31. The van der Waals surface area contributed by atoms with Gasteiger partial charge in [0.25, 0.3) is 5.91 Å². The van der Waals surface area contributed by atoms with Crippen LogP contribution in [0.15, 0.2) is 24.3 Å². The van der Waals surface area contributed by atoms with Crippen LogP contribution in [0.5, 0.6) is 0 Å². The van der Waals surface area contributed by atoms with Crippen LogP contribution in [0.2, 0.25) is 5.02 Å². The molecular formula is C21H32ClN3O3. The Hall–Kier alpha value is -1.63. The number of likely N-dealkylation sites (N-methyl/N-ethyl adjacent to an activating group) is 1. The molecule has 1 aromatic rings. The molecular weight excluding hydrogens is 378 g/mol. The van der Waals surface area contributed by atoms with Crippen molar-refractivity contribution in [2.75, 3.05) is 40.3 Å². The Morgan fingerprint density at radius 1 is 1.25 bits per heavy atom. The summed E-state index contributed by atoms with van der Waals surface area (Å²) in [6.07, 6.45) is -0.0540.